The Morgan fingerprint density at radius 1 is 0.739 bits per heavy atom. The second-order valence-corrected chi connectivity index (χ2v) is 9.23. The zero-order valence-electron chi connectivity index (χ0n) is 14.7. The van der Waals surface area contributed by atoms with Crippen LogP contribution in [0, 0.1) is 17.8 Å². The first-order chi connectivity index (χ1) is 11.4. The summed E-state index contributed by atoms with van der Waals surface area (Å²) < 4.78 is 0. The fourth-order valence-corrected chi connectivity index (χ4v) is 6.61. The van der Waals surface area contributed by atoms with Gasteiger partial charge in [0.05, 0.1) is 6.17 Å². The highest BCUT2D eigenvalue weighted by Crippen LogP contribution is 2.43. The Morgan fingerprint density at radius 3 is 2.43 bits per heavy atom. The van der Waals surface area contributed by atoms with Crippen molar-refractivity contribution in [2.45, 2.75) is 94.9 Å². The van der Waals surface area contributed by atoms with Gasteiger partial charge in [-0.1, -0.05) is 25.7 Å². The van der Waals surface area contributed by atoms with Crippen LogP contribution in [0.15, 0.2) is 0 Å². The molecule has 3 nitrogen and oxygen atoms in total. The van der Waals surface area contributed by atoms with Gasteiger partial charge in [0.2, 0.25) is 0 Å². The van der Waals surface area contributed by atoms with Gasteiger partial charge < -0.3 is 5.32 Å². The van der Waals surface area contributed by atoms with Crippen LogP contribution >= 0.6 is 0 Å². The minimum absolute atomic E-state index is 0.621. The Balaban J connectivity index is 1.14. The molecular weight excluding hydrogens is 282 g/mol. The minimum atomic E-state index is 0.621. The molecule has 5 aliphatic rings. The second-order valence-electron chi connectivity index (χ2n) is 9.23. The number of hydrogen-bond donors (Lipinski definition) is 2. The molecule has 5 fully saturated rings. The zero-order valence-corrected chi connectivity index (χ0v) is 14.7. The predicted octanol–water partition coefficient (Wildman–Crippen LogP) is 3.11. The Morgan fingerprint density at radius 2 is 1.52 bits per heavy atom. The van der Waals surface area contributed by atoms with Crippen LogP contribution in [0.25, 0.3) is 0 Å². The average molecular weight is 318 g/mol. The van der Waals surface area contributed by atoms with Gasteiger partial charge in [0, 0.05) is 24.7 Å². The van der Waals surface area contributed by atoms with E-state index in [9.17, 15) is 0 Å². The fourth-order valence-electron chi connectivity index (χ4n) is 6.61. The van der Waals surface area contributed by atoms with E-state index in [0.29, 0.717) is 6.17 Å². The molecule has 5 atom stereocenters. The third-order valence-electron chi connectivity index (χ3n) is 8.05. The zero-order chi connectivity index (χ0) is 15.2. The minimum Gasteiger partial charge on any atom is -0.301 e. The number of hydrogen-bond acceptors (Lipinski definition) is 3. The van der Waals surface area contributed by atoms with E-state index >= 15 is 0 Å². The summed E-state index contributed by atoms with van der Waals surface area (Å²) in [6, 6.07) is 2.70. The Kier molecular flexibility index (Phi) is 4.16. The van der Waals surface area contributed by atoms with Gasteiger partial charge in [-0.25, -0.2) is 0 Å². The molecule has 5 unspecified atom stereocenters. The van der Waals surface area contributed by atoms with Gasteiger partial charge in [0.1, 0.15) is 0 Å². The second kappa shape index (κ2) is 6.31. The molecular formula is C20H35N3. The number of likely N-dealkylation sites (tertiary alicyclic amines) is 1. The highest BCUT2D eigenvalue weighted by Gasteiger charge is 2.46. The Labute approximate surface area is 142 Å². The highest BCUT2D eigenvalue weighted by molar-refractivity contribution is 5.01. The van der Waals surface area contributed by atoms with E-state index in [-0.39, 0.29) is 0 Å². The molecule has 0 radical (unpaired) electrons. The van der Waals surface area contributed by atoms with Crippen molar-refractivity contribution in [2.24, 2.45) is 17.8 Å². The third kappa shape index (κ3) is 2.77. The molecule has 0 bridgehead atoms. The molecule has 0 amide bonds. The first-order valence-corrected chi connectivity index (χ1v) is 10.6. The number of nitrogens with one attached hydrogen (secondary N) is 2. The van der Waals surface area contributed by atoms with Crippen molar-refractivity contribution >= 4 is 0 Å². The maximum Gasteiger partial charge on any atom is 0.0604 e. The van der Waals surface area contributed by atoms with Crippen molar-refractivity contribution in [2.75, 3.05) is 13.1 Å². The normalized spacial score (nSPS) is 50.9. The summed E-state index contributed by atoms with van der Waals surface area (Å²) in [6.45, 7) is 2.68. The lowest BCUT2D eigenvalue weighted by Crippen LogP contribution is -2.65. The molecule has 0 aromatic carbocycles. The van der Waals surface area contributed by atoms with Crippen LogP contribution in [0.3, 0.4) is 0 Å². The lowest BCUT2D eigenvalue weighted by molar-refractivity contribution is 0.0120. The Bertz CT molecular complexity index is 419. The first kappa shape index (κ1) is 15.2. The SMILES string of the molecule is C1CCC2NC(C3CC(N4CCC5CCCCC54)C3)NCC2C1. The van der Waals surface area contributed by atoms with E-state index in [4.69, 9.17) is 0 Å². The van der Waals surface area contributed by atoms with E-state index in [1.54, 1.807) is 0 Å². The molecule has 5 rings (SSSR count). The third-order valence-corrected chi connectivity index (χ3v) is 8.05. The Hall–Kier alpha value is -0.120. The summed E-state index contributed by atoms with van der Waals surface area (Å²) >= 11 is 0. The summed E-state index contributed by atoms with van der Waals surface area (Å²) in [5.74, 6) is 2.86. The van der Waals surface area contributed by atoms with E-state index < -0.39 is 0 Å². The molecule has 2 aliphatic heterocycles. The van der Waals surface area contributed by atoms with Gasteiger partial charge in [-0.05, 0) is 69.2 Å². The molecule has 0 spiro atoms. The van der Waals surface area contributed by atoms with Crippen molar-refractivity contribution in [3.63, 3.8) is 0 Å². The summed E-state index contributed by atoms with van der Waals surface area (Å²) in [7, 11) is 0. The van der Waals surface area contributed by atoms with Crippen molar-refractivity contribution in [1.29, 1.82) is 0 Å². The fraction of sp³-hybridized carbons (Fsp3) is 1.00. The quantitative estimate of drug-likeness (QED) is 0.819. The van der Waals surface area contributed by atoms with Crippen LogP contribution in [0.5, 0.6) is 0 Å². The molecule has 2 heterocycles. The van der Waals surface area contributed by atoms with Crippen molar-refractivity contribution in [1.82, 2.24) is 15.5 Å². The monoisotopic (exact) mass is 317 g/mol. The molecule has 3 saturated carbocycles. The van der Waals surface area contributed by atoms with E-state index in [2.05, 4.69) is 15.5 Å². The van der Waals surface area contributed by atoms with Gasteiger partial charge in [-0.2, -0.15) is 0 Å². The van der Waals surface area contributed by atoms with E-state index in [0.717, 1.165) is 35.9 Å². The summed E-state index contributed by atoms with van der Waals surface area (Å²) in [6.07, 6.45) is 16.8. The van der Waals surface area contributed by atoms with Crippen LogP contribution in [-0.4, -0.2) is 42.3 Å². The maximum atomic E-state index is 4.00. The smallest absolute Gasteiger partial charge is 0.0604 e. The molecule has 2 N–H and O–H groups in total. The van der Waals surface area contributed by atoms with Crippen molar-refractivity contribution in [3.05, 3.63) is 0 Å². The number of rotatable bonds is 2. The molecule has 3 heteroatoms. The molecule has 3 aliphatic carbocycles. The first-order valence-electron chi connectivity index (χ1n) is 10.6. The van der Waals surface area contributed by atoms with Crippen LogP contribution in [-0.2, 0) is 0 Å². The molecule has 23 heavy (non-hydrogen) atoms. The van der Waals surface area contributed by atoms with Crippen LogP contribution < -0.4 is 10.6 Å². The van der Waals surface area contributed by atoms with Crippen molar-refractivity contribution < 1.29 is 0 Å². The lowest BCUT2D eigenvalue weighted by Gasteiger charge is -2.51. The standard InChI is InChI=1S/C20H35N3/c1-3-7-18-15(6-1)13-21-20(22-18)16-11-17(12-16)23-10-9-14-5-2-4-8-19(14)23/h14-22H,1-13H2. The predicted molar refractivity (Wildman–Crippen MR) is 94.3 cm³/mol. The average Bonchev–Trinajstić information content (AvgIpc) is 2.98. The van der Waals surface area contributed by atoms with E-state index in [1.165, 1.54) is 83.7 Å². The molecule has 0 aromatic rings. The van der Waals surface area contributed by atoms with Gasteiger partial charge in [0.25, 0.3) is 0 Å². The van der Waals surface area contributed by atoms with Gasteiger partial charge in [-0.15, -0.1) is 0 Å². The van der Waals surface area contributed by atoms with Gasteiger partial charge in [-0.3, -0.25) is 10.2 Å². The van der Waals surface area contributed by atoms with Crippen molar-refractivity contribution in [3.8, 4) is 0 Å². The lowest BCUT2D eigenvalue weighted by atomic mass is 9.74. The van der Waals surface area contributed by atoms with Crippen LogP contribution in [0.4, 0.5) is 0 Å². The molecule has 0 aromatic heterocycles. The molecule has 130 valence electrons. The summed E-state index contributed by atoms with van der Waals surface area (Å²) in [5, 5.41) is 7.85. The number of fused-ring (bicyclic) bond motifs is 2. The largest absolute Gasteiger partial charge is 0.301 e. The summed E-state index contributed by atoms with van der Waals surface area (Å²) in [5.41, 5.74) is 0. The topological polar surface area (TPSA) is 27.3 Å². The molecule has 2 saturated heterocycles. The summed E-state index contributed by atoms with van der Waals surface area (Å²) in [4.78, 5) is 2.94. The van der Waals surface area contributed by atoms with Crippen LogP contribution in [0.1, 0.15) is 70.6 Å². The number of nitrogens with zero attached hydrogens (tertiary/aromatic N) is 1. The maximum absolute atomic E-state index is 4.00. The highest BCUT2D eigenvalue weighted by atomic mass is 15.2. The van der Waals surface area contributed by atoms with Crippen LogP contribution in [0.2, 0.25) is 0 Å². The van der Waals surface area contributed by atoms with E-state index in [1.807, 2.05) is 0 Å². The van der Waals surface area contributed by atoms with Gasteiger partial charge in [0.15, 0.2) is 0 Å². The van der Waals surface area contributed by atoms with Gasteiger partial charge >= 0.3 is 0 Å².